The standard InChI is InChI=1S/C12H10FN3S/c1-6-2-12(17-16-6)11-4-7-3-8(13)9(14)5-10(7)15-11/h2-5,15H,14H2,1H3. The summed E-state index contributed by atoms with van der Waals surface area (Å²) in [4.78, 5) is 4.26. The lowest BCUT2D eigenvalue weighted by atomic mass is 10.2. The minimum absolute atomic E-state index is 0.159. The lowest BCUT2D eigenvalue weighted by Crippen LogP contribution is -1.88. The third kappa shape index (κ3) is 1.68. The van der Waals surface area contributed by atoms with Crippen molar-refractivity contribution in [2.24, 2.45) is 0 Å². The summed E-state index contributed by atoms with van der Waals surface area (Å²) < 4.78 is 17.5. The highest BCUT2D eigenvalue weighted by molar-refractivity contribution is 7.09. The van der Waals surface area contributed by atoms with Crippen molar-refractivity contribution in [1.29, 1.82) is 0 Å². The summed E-state index contributed by atoms with van der Waals surface area (Å²) >= 11 is 1.42. The fourth-order valence-electron chi connectivity index (χ4n) is 1.79. The topological polar surface area (TPSA) is 54.7 Å². The summed E-state index contributed by atoms with van der Waals surface area (Å²) in [5.74, 6) is -0.386. The second kappa shape index (κ2) is 3.56. The first-order valence-electron chi connectivity index (χ1n) is 5.15. The van der Waals surface area contributed by atoms with Crippen LogP contribution in [0.1, 0.15) is 5.69 Å². The normalized spacial score (nSPS) is 11.2. The van der Waals surface area contributed by atoms with Gasteiger partial charge in [0.15, 0.2) is 0 Å². The number of nitrogens with one attached hydrogen (secondary N) is 1. The maximum absolute atomic E-state index is 13.3. The molecule has 0 bridgehead atoms. The average molecular weight is 247 g/mol. The van der Waals surface area contributed by atoms with E-state index in [-0.39, 0.29) is 11.5 Å². The number of H-pyrrole nitrogens is 1. The molecule has 0 aliphatic rings. The zero-order chi connectivity index (χ0) is 12.0. The van der Waals surface area contributed by atoms with E-state index in [2.05, 4.69) is 9.36 Å². The monoisotopic (exact) mass is 247 g/mol. The van der Waals surface area contributed by atoms with Crippen LogP contribution in [-0.2, 0) is 0 Å². The predicted molar refractivity (Wildman–Crippen MR) is 68.5 cm³/mol. The third-order valence-electron chi connectivity index (χ3n) is 2.63. The van der Waals surface area contributed by atoms with Gasteiger partial charge in [-0.15, -0.1) is 0 Å². The number of anilines is 1. The fraction of sp³-hybridized carbons (Fsp3) is 0.0833. The van der Waals surface area contributed by atoms with Gasteiger partial charge in [0.2, 0.25) is 0 Å². The number of nitrogens with two attached hydrogens (primary N) is 1. The van der Waals surface area contributed by atoms with Gasteiger partial charge in [-0.25, -0.2) is 4.39 Å². The molecule has 86 valence electrons. The molecule has 0 atom stereocenters. The Morgan fingerprint density at radius 1 is 1.29 bits per heavy atom. The molecule has 0 aliphatic carbocycles. The Bertz CT molecular complexity index is 660. The molecule has 0 amide bonds. The van der Waals surface area contributed by atoms with Crippen molar-refractivity contribution in [2.75, 3.05) is 5.73 Å². The van der Waals surface area contributed by atoms with Crippen LogP contribution in [0.15, 0.2) is 24.3 Å². The molecule has 0 fully saturated rings. The van der Waals surface area contributed by atoms with Gasteiger partial charge in [0.1, 0.15) is 5.82 Å². The van der Waals surface area contributed by atoms with Gasteiger partial charge in [-0.3, -0.25) is 0 Å². The highest BCUT2D eigenvalue weighted by Crippen LogP contribution is 2.29. The number of fused-ring (bicyclic) bond motifs is 1. The Labute approximate surface area is 101 Å². The molecule has 1 aromatic carbocycles. The SMILES string of the molecule is Cc1cc(-c2cc3cc(F)c(N)cc3[nH]2)sn1. The van der Waals surface area contributed by atoms with Crippen LogP contribution in [0.4, 0.5) is 10.1 Å². The molecule has 0 unspecified atom stereocenters. The molecular formula is C12H10FN3S. The minimum Gasteiger partial charge on any atom is -0.396 e. The number of rotatable bonds is 1. The van der Waals surface area contributed by atoms with Crippen LogP contribution < -0.4 is 5.73 Å². The maximum Gasteiger partial charge on any atom is 0.146 e. The zero-order valence-corrected chi connectivity index (χ0v) is 9.94. The zero-order valence-electron chi connectivity index (χ0n) is 9.12. The van der Waals surface area contributed by atoms with Crippen molar-refractivity contribution >= 4 is 28.1 Å². The Hall–Kier alpha value is -1.88. The molecule has 2 heterocycles. The number of nitrogens with zero attached hydrogens (tertiary/aromatic N) is 1. The summed E-state index contributed by atoms with van der Waals surface area (Å²) in [5, 5.41) is 0.817. The second-order valence-electron chi connectivity index (χ2n) is 3.98. The van der Waals surface area contributed by atoms with E-state index >= 15 is 0 Å². The van der Waals surface area contributed by atoms with Gasteiger partial charge in [-0.2, -0.15) is 4.37 Å². The fourth-order valence-corrected chi connectivity index (χ4v) is 2.52. The molecule has 2 aromatic heterocycles. The highest BCUT2D eigenvalue weighted by Gasteiger charge is 2.08. The third-order valence-corrected chi connectivity index (χ3v) is 3.55. The number of halogens is 1. The molecule has 0 radical (unpaired) electrons. The number of aromatic nitrogens is 2. The first kappa shape index (κ1) is 10.3. The molecule has 17 heavy (non-hydrogen) atoms. The van der Waals surface area contributed by atoms with Crippen LogP contribution in [0.2, 0.25) is 0 Å². The van der Waals surface area contributed by atoms with Gasteiger partial charge in [0.05, 0.1) is 22.0 Å². The maximum atomic E-state index is 13.3. The van der Waals surface area contributed by atoms with Crippen molar-refractivity contribution in [3.05, 3.63) is 35.8 Å². The Balaban J connectivity index is 2.19. The Kier molecular flexibility index (Phi) is 2.16. The molecule has 0 spiro atoms. The summed E-state index contributed by atoms with van der Waals surface area (Å²) in [6.45, 7) is 1.94. The summed E-state index contributed by atoms with van der Waals surface area (Å²) in [7, 11) is 0. The van der Waals surface area contributed by atoms with Gasteiger partial charge < -0.3 is 10.7 Å². The number of aryl methyl sites for hydroxylation is 1. The molecule has 3 N–H and O–H groups in total. The van der Waals surface area contributed by atoms with Crippen molar-refractivity contribution in [2.45, 2.75) is 6.92 Å². The van der Waals surface area contributed by atoms with Gasteiger partial charge >= 0.3 is 0 Å². The molecule has 3 aromatic rings. The molecule has 0 saturated carbocycles. The molecule has 3 nitrogen and oxygen atoms in total. The summed E-state index contributed by atoms with van der Waals surface area (Å²) in [5.41, 5.74) is 8.45. The first-order chi connectivity index (χ1) is 8.13. The smallest absolute Gasteiger partial charge is 0.146 e. The van der Waals surface area contributed by atoms with Gasteiger partial charge in [0, 0.05) is 10.9 Å². The number of nitrogen functional groups attached to an aromatic ring is 1. The van der Waals surface area contributed by atoms with E-state index in [9.17, 15) is 4.39 Å². The number of hydrogen-bond acceptors (Lipinski definition) is 3. The molecule has 5 heteroatoms. The van der Waals surface area contributed by atoms with Gasteiger partial charge in [-0.05, 0) is 42.7 Å². The van der Waals surface area contributed by atoms with Crippen molar-refractivity contribution in [3.63, 3.8) is 0 Å². The van der Waals surface area contributed by atoms with Gasteiger partial charge in [0.25, 0.3) is 0 Å². The van der Waals surface area contributed by atoms with Crippen LogP contribution in [0, 0.1) is 12.7 Å². The van der Waals surface area contributed by atoms with Crippen LogP contribution in [0.3, 0.4) is 0 Å². The summed E-state index contributed by atoms with van der Waals surface area (Å²) in [6, 6.07) is 6.96. The molecule has 3 rings (SSSR count). The van der Waals surface area contributed by atoms with E-state index in [1.54, 1.807) is 6.07 Å². The van der Waals surface area contributed by atoms with Crippen molar-refractivity contribution in [1.82, 2.24) is 9.36 Å². The number of hydrogen-bond donors (Lipinski definition) is 2. The first-order valence-corrected chi connectivity index (χ1v) is 5.92. The quantitative estimate of drug-likeness (QED) is 0.648. The minimum atomic E-state index is -0.386. The van der Waals surface area contributed by atoms with Crippen LogP contribution in [-0.4, -0.2) is 9.36 Å². The Morgan fingerprint density at radius 3 is 2.82 bits per heavy atom. The van der Waals surface area contributed by atoms with Crippen molar-refractivity contribution in [3.8, 4) is 10.6 Å². The van der Waals surface area contributed by atoms with Crippen LogP contribution >= 0.6 is 11.5 Å². The number of benzene rings is 1. The molecule has 0 aliphatic heterocycles. The van der Waals surface area contributed by atoms with E-state index < -0.39 is 0 Å². The lowest BCUT2D eigenvalue weighted by molar-refractivity contribution is 0.634. The Morgan fingerprint density at radius 2 is 2.12 bits per heavy atom. The van der Waals surface area contributed by atoms with E-state index in [1.807, 2.05) is 19.1 Å². The van der Waals surface area contributed by atoms with Crippen LogP contribution in [0.25, 0.3) is 21.5 Å². The predicted octanol–water partition coefficient (Wildman–Crippen LogP) is 3.32. The molecule has 0 saturated heterocycles. The number of aromatic amines is 1. The largest absolute Gasteiger partial charge is 0.396 e. The second-order valence-corrected chi connectivity index (χ2v) is 4.78. The lowest BCUT2D eigenvalue weighted by Gasteiger charge is -1.95. The van der Waals surface area contributed by atoms with Gasteiger partial charge in [-0.1, -0.05) is 0 Å². The average Bonchev–Trinajstić information content (AvgIpc) is 2.85. The highest BCUT2D eigenvalue weighted by atomic mass is 32.1. The van der Waals surface area contributed by atoms with E-state index in [0.29, 0.717) is 0 Å². The molecular weight excluding hydrogens is 237 g/mol. The van der Waals surface area contributed by atoms with Crippen molar-refractivity contribution < 1.29 is 4.39 Å². The van der Waals surface area contributed by atoms with E-state index in [1.165, 1.54) is 17.6 Å². The van der Waals surface area contributed by atoms with E-state index in [0.717, 1.165) is 27.2 Å². The van der Waals surface area contributed by atoms with E-state index in [4.69, 9.17) is 5.73 Å². The van der Waals surface area contributed by atoms with Crippen LogP contribution in [0.5, 0.6) is 0 Å². The summed E-state index contributed by atoms with van der Waals surface area (Å²) in [6.07, 6.45) is 0.